The number of hydrogen-bond donors (Lipinski definition) is 1. The van der Waals surface area contributed by atoms with Crippen molar-refractivity contribution in [1.82, 2.24) is 5.43 Å². The van der Waals surface area contributed by atoms with Crippen LogP contribution in [0.25, 0.3) is 0 Å². The lowest BCUT2D eigenvalue weighted by Crippen LogP contribution is -2.25. The molecule has 1 N–H and O–H groups in total. The molecule has 1 amide bonds. The van der Waals surface area contributed by atoms with Crippen LogP contribution in [-0.4, -0.2) is 31.8 Å². The quantitative estimate of drug-likeness (QED) is 0.318. The van der Waals surface area contributed by atoms with Gasteiger partial charge in [-0.15, -0.1) is 0 Å². The molecule has 0 radical (unpaired) electrons. The minimum atomic E-state index is -0.439. The maximum absolute atomic E-state index is 12.0. The van der Waals surface area contributed by atoms with Crippen molar-refractivity contribution in [3.8, 4) is 17.2 Å². The second-order valence-corrected chi connectivity index (χ2v) is 6.78. The van der Waals surface area contributed by atoms with Crippen molar-refractivity contribution in [3.05, 3.63) is 53.1 Å². The van der Waals surface area contributed by atoms with Gasteiger partial charge in [-0.3, -0.25) is 9.59 Å². The lowest BCUT2D eigenvalue weighted by Gasteiger charge is -2.14. The predicted octanol–water partition coefficient (Wildman–Crippen LogP) is 3.58. The van der Waals surface area contributed by atoms with Crippen molar-refractivity contribution in [3.63, 3.8) is 0 Å². The van der Waals surface area contributed by atoms with Crippen LogP contribution in [0, 0.1) is 6.92 Å². The summed E-state index contributed by atoms with van der Waals surface area (Å²) in [5, 5.41) is 3.93. The van der Waals surface area contributed by atoms with Gasteiger partial charge in [-0.2, -0.15) is 5.10 Å². The summed E-state index contributed by atoms with van der Waals surface area (Å²) in [6.45, 7) is 7.29. The van der Waals surface area contributed by atoms with E-state index < -0.39 is 5.97 Å². The highest BCUT2D eigenvalue weighted by Gasteiger charge is 2.10. The molecule has 0 aromatic heterocycles. The van der Waals surface area contributed by atoms with E-state index in [0.29, 0.717) is 22.8 Å². The first-order valence-corrected chi connectivity index (χ1v) is 9.22. The van der Waals surface area contributed by atoms with E-state index in [4.69, 9.17) is 14.2 Å². The highest BCUT2D eigenvalue weighted by Crippen LogP contribution is 2.28. The van der Waals surface area contributed by atoms with Gasteiger partial charge in [0.1, 0.15) is 5.75 Å². The molecule has 2 aromatic rings. The number of hydrazone groups is 1. The SMILES string of the molecule is COc1cc(/C=N\NC(=O)COc2cc(C)ccc2C(C)C)ccc1OC(C)=O. The zero-order chi connectivity index (χ0) is 21.4. The van der Waals surface area contributed by atoms with E-state index in [2.05, 4.69) is 24.4 Å². The zero-order valence-corrected chi connectivity index (χ0v) is 17.3. The van der Waals surface area contributed by atoms with Crippen LogP contribution in [0.1, 0.15) is 43.4 Å². The number of methoxy groups -OCH3 is 1. The number of ether oxygens (including phenoxy) is 3. The van der Waals surface area contributed by atoms with E-state index in [0.717, 1.165) is 11.1 Å². The van der Waals surface area contributed by atoms with Gasteiger partial charge in [-0.1, -0.05) is 26.0 Å². The third kappa shape index (κ3) is 6.64. The third-order valence-electron chi connectivity index (χ3n) is 3.99. The summed E-state index contributed by atoms with van der Waals surface area (Å²) in [5.74, 6) is 0.877. The standard InChI is InChI=1S/C22H26N2O5/c1-14(2)18-8-6-15(3)10-20(18)28-13-22(26)24-23-12-17-7-9-19(29-16(4)25)21(11-17)27-5/h6-12,14H,13H2,1-5H3,(H,24,26)/b23-12-. The van der Waals surface area contributed by atoms with Gasteiger partial charge in [-0.25, -0.2) is 5.43 Å². The van der Waals surface area contributed by atoms with Crippen LogP contribution in [0.5, 0.6) is 17.2 Å². The number of nitrogens with one attached hydrogen (secondary N) is 1. The summed E-state index contributed by atoms with van der Waals surface area (Å²) in [7, 11) is 1.47. The number of amides is 1. The van der Waals surface area contributed by atoms with Gasteiger partial charge in [0.05, 0.1) is 13.3 Å². The van der Waals surface area contributed by atoms with Gasteiger partial charge >= 0.3 is 5.97 Å². The Morgan fingerprint density at radius 2 is 1.86 bits per heavy atom. The summed E-state index contributed by atoms with van der Waals surface area (Å²) >= 11 is 0. The average molecular weight is 398 g/mol. The Kier molecular flexibility index (Phi) is 7.77. The van der Waals surface area contributed by atoms with E-state index in [-0.39, 0.29) is 18.4 Å². The monoisotopic (exact) mass is 398 g/mol. The Balaban J connectivity index is 1.95. The zero-order valence-electron chi connectivity index (χ0n) is 17.3. The van der Waals surface area contributed by atoms with Crippen molar-refractivity contribution in [1.29, 1.82) is 0 Å². The van der Waals surface area contributed by atoms with Crippen molar-refractivity contribution in [2.45, 2.75) is 33.6 Å². The van der Waals surface area contributed by atoms with Crippen molar-refractivity contribution in [2.24, 2.45) is 5.10 Å². The second kappa shape index (κ2) is 10.3. The molecule has 0 spiro atoms. The van der Waals surface area contributed by atoms with Crippen LogP contribution in [0.15, 0.2) is 41.5 Å². The van der Waals surface area contributed by atoms with Crippen LogP contribution < -0.4 is 19.6 Å². The molecule has 0 saturated carbocycles. The van der Waals surface area contributed by atoms with Gasteiger partial charge in [0, 0.05) is 6.92 Å². The highest BCUT2D eigenvalue weighted by molar-refractivity contribution is 5.84. The normalized spacial score (nSPS) is 10.8. The van der Waals surface area contributed by atoms with E-state index >= 15 is 0 Å². The van der Waals surface area contributed by atoms with Crippen molar-refractivity contribution < 1.29 is 23.8 Å². The minimum absolute atomic E-state index is 0.144. The van der Waals surface area contributed by atoms with Gasteiger partial charge in [0.2, 0.25) is 0 Å². The molecule has 7 heteroatoms. The van der Waals surface area contributed by atoms with Gasteiger partial charge < -0.3 is 14.2 Å². The number of benzene rings is 2. The lowest BCUT2D eigenvalue weighted by atomic mass is 10.0. The first kappa shape index (κ1) is 21.9. The lowest BCUT2D eigenvalue weighted by molar-refractivity contribution is -0.132. The fourth-order valence-electron chi connectivity index (χ4n) is 2.60. The Morgan fingerprint density at radius 3 is 2.52 bits per heavy atom. The number of hydrogen-bond acceptors (Lipinski definition) is 6. The van der Waals surface area contributed by atoms with Crippen LogP contribution in [0.3, 0.4) is 0 Å². The molecule has 0 bridgehead atoms. The fourth-order valence-corrected chi connectivity index (χ4v) is 2.60. The number of rotatable bonds is 8. The van der Waals surface area contributed by atoms with Crippen LogP contribution in [-0.2, 0) is 9.59 Å². The Hall–Kier alpha value is -3.35. The number of nitrogens with zero attached hydrogens (tertiary/aromatic N) is 1. The maximum Gasteiger partial charge on any atom is 0.308 e. The Bertz CT molecular complexity index is 906. The first-order valence-electron chi connectivity index (χ1n) is 9.22. The molecule has 0 heterocycles. The highest BCUT2D eigenvalue weighted by atomic mass is 16.6. The van der Waals surface area contributed by atoms with Gasteiger partial charge in [0.15, 0.2) is 18.1 Å². The predicted molar refractivity (Wildman–Crippen MR) is 111 cm³/mol. The number of esters is 1. The smallest absolute Gasteiger partial charge is 0.308 e. The van der Waals surface area contributed by atoms with Gasteiger partial charge in [0.25, 0.3) is 5.91 Å². The van der Waals surface area contributed by atoms with Gasteiger partial charge in [-0.05, 0) is 53.8 Å². The summed E-state index contributed by atoms with van der Waals surface area (Å²) in [6, 6.07) is 10.9. The number of carbonyl (C=O) groups excluding carboxylic acids is 2. The molecular formula is C22H26N2O5. The fraction of sp³-hybridized carbons (Fsp3) is 0.318. The van der Waals surface area contributed by atoms with Crippen molar-refractivity contribution in [2.75, 3.05) is 13.7 Å². The van der Waals surface area contributed by atoms with Crippen LogP contribution >= 0.6 is 0 Å². The minimum Gasteiger partial charge on any atom is -0.493 e. The molecule has 0 atom stereocenters. The molecular weight excluding hydrogens is 372 g/mol. The molecule has 7 nitrogen and oxygen atoms in total. The Morgan fingerprint density at radius 1 is 1.10 bits per heavy atom. The summed E-state index contributed by atoms with van der Waals surface area (Å²) in [4.78, 5) is 23.1. The number of aryl methyl sites for hydroxylation is 1. The number of carbonyl (C=O) groups is 2. The van der Waals surface area contributed by atoms with E-state index in [1.165, 1.54) is 20.2 Å². The van der Waals surface area contributed by atoms with Crippen LogP contribution in [0.4, 0.5) is 0 Å². The Labute approximate surface area is 170 Å². The van der Waals surface area contributed by atoms with E-state index in [1.807, 2.05) is 25.1 Å². The molecule has 2 rings (SSSR count). The second-order valence-electron chi connectivity index (χ2n) is 6.78. The van der Waals surface area contributed by atoms with Crippen molar-refractivity contribution >= 4 is 18.1 Å². The molecule has 0 aliphatic heterocycles. The first-order chi connectivity index (χ1) is 13.8. The summed E-state index contributed by atoms with van der Waals surface area (Å²) in [6.07, 6.45) is 1.46. The molecule has 0 unspecified atom stereocenters. The molecule has 0 saturated heterocycles. The summed E-state index contributed by atoms with van der Waals surface area (Å²) < 4.78 is 15.9. The molecule has 154 valence electrons. The largest absolute Gasteiger partial charge is 0.493 e. The van der Waals surface area contributed by atoms with E-state index in [1.54, 1.807) is 18.2 Å². The van der Waals surface area contributed by atoms with E-state index in [9.17, 15) is 9.59 Å². The molecule has 0 aliphatic carbocycles. The topological polar surface area (TPSA) is 86.2 Å². The van der Waals surface area contributed by atoms with Crippen LogP contribution in [0.2, 0.25) is 0 Å². The molecule has 0 aliphatic rings. The molecule has 0 fully saturated rings. The average Bonchev–Trinajstić information content (AvgIpc) is 2.66. The molecule has 2 aromatic carbocycles. The molecule has 29 heavy (non-hydrogen) atoms. The maximum atomic E-state index is 12.0. The third-order valence-corrected chi connectivity index (χ3v) is 3.99. The summed E-state index contributed by atoms with van der Waals surface area (Å²) in [5.41, 5.74) is 5.21.